The number of ether oxygens (including phenoxy) is 1. The van der Waals surface area contributed by atoms with Crippen LogP contribution in [0.5, 0.6) is 5.75 Å². The van der Waals surface area contributed by atoms with Gasteiger partial charge in [-0.1, -0.05) is 12.1 Å². The number of hydrogen-bond donors (Lipinski definition) is 1. The SMILES string of the molecule is CC(=O)Oc1c(C)[nH]n2c(CCCc3ccc([N+](=O)[O-])cc3)nnc12. The summed E-state index contributed by atoms with van der Waals surface area (Å²) in [4.78, 5) is 21.4. The van der Waals surface area contributed by atoms with Crippen molar-refractivity contribution in [2.75, 3.05) is 0 Å². The minimum absolute atomic E-state index is 0.0859. The number of esters is 1. The normalized spacial score (nSPS) is 11.0. The van der Waals surface area contributed by atoms with Gasteiger partial charge >= 0.3 is 5.97 Å². The number of aromatic nitrogens is 4. The second-order valence-electron chi connectivity index (χ2n) is 5.71. The van der Waals surface area contributed by atoms with E-state index in [-0.39, 0.29) is 5.69 Å². The van der Waals surface area contributed by atoms with Gasteiger partial charge in [0.05, 0.1) is 10.6 Å². The van der Waals surface area contributed by atoms with Crippen LogP contribution < -0.4 is 4.74 Å². The Morgan fingerprint density at radius 2 is 2.00 bits per heavy atom. The van der Waals surface area contributed by atoms with Gasteiger partial charge < -0.3 is 4.74 Å². The Morgan fingerprint density at radius 3 is 2.64 bits per heavy atom. The van der Waals surface area contributed by atoms with Gasteiger partial charge in [-0.05, 0) is 25.3 Å². The summed E-state index contributed by atoms with van der Waals surface area (Å²) in [5.41, 5.74) is 2.30. The maximum atomic E-state index is 11.2. The van der Waals surface area contributed by atoms with E-state index in [4.69, 9.17) is 4.74 Å². The molecule has 9 nitrogen and oxygen atoms in total. The maximum Gasteiger partial charge on any atom is 0.308 e. The second-order valence-corrected chi connectivity index (χ2v) is 5.71. The van der Waals surface area contributed by atoms with Crippen LogP contribution in [0.3, 0.4) is 0 Å². The third-order valence-corrected chi connectivity index (χ3v) is 3.81. The number of carbonyl (C=O) groups excluding carboxylic acids is 1. The van der Waals surface area contributed by atoms with Crippen LogP contribution >= 0.6 is 0 Å². The van der Waals surface area contributed by atoms with Crippen molar-refractivity contribution in [3.8, 4) is 5.75 Å². The molecule has 0 aliphatic rings. The van der Waals surface area contributed by atoms with Gasteiger partial charge in [-0.2, -0.15) is 0 Å². The third kappa shape index (κ3) is 3.49. The molecule has 0 unspecified atom stereocenters. The second kappa shape index (κ2) is 6.71. The molecular weight excluding hydrogens is 326 g/mol. The van der Waals surface area contributed by atoms with Gasteiger partial charge in [-0.3, -0.25) is 20.0 Å². The lowest BCUT2D eigenvalue weighted by Crippen LogP contribution is -2.02. The molecule has 0 bridgehead atoms. The fourth-order valence-electron chi connectivity index (χ4n) is 2.63. The highest BCUT2D eigenvalue weighted by molar-refractivity contribution is 5.73. The summed E-state index contributed by atoms with van der Waals surface area (Å²) in [5, 5.41) is 22.0. The van der Waals surface area contributed by atoms with Crippen LogP contribution in [-0.4, -0.2) is 30.7 Å². The van der Waals surface area contributed by atoms with Gasteiger partial charge in [-0.25, -0.2) is 4.52 Å². The summed E-state index contributed by atoms with van der Waals surface area (Å²) in [5.74, 6) is 0.715. The molecule has 3 rings (SSSR count). The van der Waals surface area contributed by atoms with Crippen molar-refractivity contribution in [2.45, 2.75) is 33.1 Å². The molecule has 9 heteroatoms. The molecule has 0 radical (unpaired) electrons. The average Bonchev–Trinajstić information content (AvgIpc) is 3.08. The summed E-state index contributed by atoms with van der Waals surface area (Å²) in [6.07, 6.45) is 2.24. The molecule has 0 saturated carbocycles. The van der Waals surface area contributed by atoms with Crippen LogP contribution in [0.15, 0.2) is 24.3 Å². The summed E-state index contributed by atoms with van der Waals surface area (Å²) in [7, 11) is 0. The van der Waals surface area contributed by atoms with Crippen molar-refractivity contribution in [3.05, 3.63) is 51.5 Å². The topological polar surface area (TPSA) is 115 Å². The van der Waals surface area contributed by atoms with E-state index in [0.29, 0.717) is 23.5 Å². The number of non-ortho nitro benzene ring substituents is 1. The Kier molecular flexibility index (Phi) is 4.46. The van der Waals surface area contributed by atoms with E-state index in [9.17, 15) is 14.9 Å². The number of hydrogen-bond acceptors (Lipinski definition) is 6. The number of rotatable bonds is 6. The van der Waals surface area contributed by atoms with Crippen molar-refractivity contribution >= 4 is 17.3 Å². The van der Waals surface area contributed by atoms with Crippen molar-refractivity contribution in [2.24, 2.45) is 0 Å². The van der Waals surface area contributed by atoms with Crippen LogP contribution in [0.4, 0.5) is 5.69 Å². The molecule has 0 saturated heterocycles. The zero-order valence-electron chi connectivity index (χ0n) is 13.9. The van der Waals surface area contributed by atoms with E-state index < -0.39 is 10.9 Å². The zero-order chi connectivity index (χ0) is 18.0. The van der Waals surface area contributed by atoms with E-state index in [1.165, 1.54) is 19.1 Å². The van der Waals surface area contributed by atoms with Gasteiger partial charge in [0.15, 0.2) is 11.6 Å². The molecule has 25 heavy (non-hydrogen) atoms. The predicted molar refractivity (Wildman–Crippen MR) is 88.5 cm³/mol. The smallest absolute Gasteiger partial charge is 0.308 e. The Bertz CT molecular complexity index is 926. The van der Waals surface area contributed by atoms with E-state index in [0.717, 1.165) is 24.2 Å². The van der Waals surface area contributed by atoms with Crippen LogP contribution in [-0.2, 0) is 17.6 Å². The number of nitrogens with one attached hydrogen (secondary N) is 1. The van der Waals surface area contributed by atoms with E-state index in [1.54, 1.807) is 23.6 Å². The molecule has 0 aliphatic heterocycles. The largest absolute Gasteiger partial charge is 0.421 e. The summed E-state index contributed by atoms with van der Waals surface area (Å²) >= 11 is 0. The molecule has 1 aromatic carbocycles. The highest BCUT2D eigenvalue weighted by atomic mass is 16.6. The molecule has 0 fully saturated rings. The summed E-state index contributed by atoms with van der Waals surface area (Å²) < 4.78 is 6.88. The number of nitro benzene ring substituents is 1. The van der Waals surface area contributed by atoms with Crippen molar-refractivity contribution in [3.63, 3.8) is 0 Å². The fraction of sp³-hybridized carbons (Fsp3) is 0.312. The number of H-pyrrole nitrogens is 1. The highest BCUT2D eigenvalue weighted by Crippen LogP contribution is 2.24. The third-order valence-electron chi connectivity index (χ3n) is 3.81. The first-order valence-electron chi connectivity index (χ1n) is 7.80. The maximum absolute atomic E-state index is 11.2. The number of aryl methyl sites for hydroxylation is 3. The van der Waals surface area contributed by atoms with Crippen LogP contribution in [0.25, 0.3) is 5.65 Å². The highest BCUT2D eigenvalue weighted by Gasteiger charge is 2.17. The molecule has 2 heterocycles. The van der Waals surface area contributed by atoms with Crippen molar-refractivity contribution in [1.82, 2.24) is 19.8 Å². The minimum atomic E-state index is -0.412. The van der Waals surface area contributed by atoms with Gasteiger partial charge in [0.25, 0.3) is 5.69 Å². The van der Waals surface area contributed by atoms with Crippen LogP contribution in [0, 0.1) is 17.0 Å². The van der Waals surface area contributed by atoms with Crippen molar-refractivity contribution < 1.29 is 14.5 Å². The van der Waals surface area contributed by atoms with Crippen LogP contribution in [0.1, 0.15) is 30.4 Å². The van der Waals surface area contributed by atoms with E-state index in [2.05, 4.69) is 15.3 Å². The Balaban J connectivity index is 1.67. The van der Waals surface area contributed by atoms with Gasteiger partial charge in [0.2, 0.25) is 5.65 Å². The van der Waals surface area contributed by atoms with Gasteiger partial charge in [0, 0.05) is 25.5 Å². The fourth-order valence-corrected chi connectivity index (χ4v) is 2.63. The standard InChI is InChI=1S/C16H17N5O4/c1-10-15(25-11(2)22)16-18-17-14(20(16)19-10)5-3-4-12-6-8-13(9-7-12)21(23)24/h6-9,19H,3-5H2,1-2H3. The molecule has 0 amide bonds. The number of fused-ring (bicyclic) bond motifs is 1. The number of nitro groups is 1. The van der Waals surface area contributed by atoms with Gasteiger partial charge in [-0.15, -0.1) is 10.2 Å². The number of benzene rings is 1. The first-order chi connectivity index (χ1) is 12.0. The lowest BCUT2D eigenvalue weighted by Gasteiger charge is -2.00. The van der Waals surface area contributed by atoms with E-state index in [1.807, 2.05) is 0 Å². The zero-order valence-corrected chi connectivity index (χ0v) is 13.9. The average molecular weight is 343 g/mol. The quantitative estimate of drug-likeness (QED) is 0.417. The van der Waals surface area contributed by atoms with Gasteiger partial charge in [0.1, 0.15) is 0 Å². The predicted octanol–water partition coefficient (Wildman–Crippen LogP) is 2.37. The summed E-state index contributed by atoms with van der Waals surface area (Å²) in [6.45, 7) is 3.14. The molecule has 1 N–H and O–H groups in total. The number of aromatic amines is 1. The van der Waals surface area contributed by atoms with Crippen molar-refractivity contribution in [1.29, 1.82) is 0 Å². The number of carbonyl (C=O) groups is 1. The lowest BCUT2D eigenvalue weighted by molar-refractivity contribution is -0.384. The molecule has 0 aliphatic carbocycles. The van der Waals surface area contributed by atoms with E-state index >= 15 is 0 Å². The molecule has 3 aromatic rings. The Hall–Kier alpha value is -3.23. The molecule has 0 atom stereocenters. The molecular formula is C16H17N5O4. The monoisotopic (exact) mass is 343 g/mol. The summed E-state index contributed by atoms with van der Waals surface area (Å²) in [6, 6.07) is 6.53. The lowest BCUT2D eigenvalue weighted by atomic mass is 10.1. The number of nitrogens with zero attached hydrogens (tertiary/aromatic N) is 4. The Morgan fingerprint density at radius 1 is 1.28 bits per heavy atom. The molecule has 130 valence electrons. The minimum Gasteiger partial charge on any atom is -0.421 e. The van der Waals surface area contributed by atoms with Crippen LogP contribution in [0.2, 0.25) is 0 Å². The first kappa shape index (κ1) is 16.6. The Labute approximate surface area is 142 Å². The molecule has 0 spiro atoms. The first-order valence-corrected chi connectivity index (χ1v) is 7.80. The molecule has 2 aromatic heterocycles.